The number of imidazole rings is 1. The standard InChI is InChI=1S/C10H13N5O/c11-8-5-15-2-1-12-10(15)9(14-8)13-6-3-7(16)4-6/h1-2,5-7,16H,3-4,11H2,(H,13,14). The first-order valence-corrected chi connectivity index (χ1v) is 5.26. The molecule has 4 N–H and O–H groups in total. The first kappa shape index (κ1) is 9.41. The van der Waals surface area contributed by atoms with Crippen molar-refractivity contribution in [3.05, 3.63) is 18.6 Å². The van der Waals surface area contributed by atoms with E-state index in [9.17, 15) is 5.11 Å². The lowest BCUT2D eigenvalue weighted by atomic mass is 9.89. The van der Waals surface area contributed by atoms with Crippen LogP contribution >= 0.6 is 0 Å². The molecule has 0 radical (unpaired) electrons. The van der Waals surface area contributed by atoms with E-state index in [1.165, 1.54) is 0 Å². The smallest absolute Gasteiger partial charge is 0.180 e. The van der Waals surface area contributed by atoms with Crippen LogP contribution in [-0.2, 0) is 0 Å². The van der Waals surface area contributed by atoms with E-state index in [2.05, 4.69) is 15.3 Å². The number of nitrogens with one attached hydrogen (secondary N) is 1. The molecule has 6 nitrogen and oxygen atoms in total. The summed E-state index contributed by atoms with van der Waals surface area (Å²) in [6.07, 6.45) is 6.58. The van der Waals surface area contributed by atoms with Crippen molar-refractivity contribution >= 4 is 17.3 Å². The quantitative estimate of drug-likeness (QED) is 0.673. The predicted molar refractivity (Wildman–Crippen MR) is 60.1 cm³/mol. The fraction of sp³-hybridized carbons (Fsp3) is 0.400. The molecule has 0 bridgehead atoms. The van der Waals surface area contributed by atoms with Crippen molar-refractivity contribution in [2.75, 3.05) is 11.1 Å². The van der Waals surface area contributed by atoms with Crippen LogP contribution in [0.2, 0.25) is 0 Å². The van der Waals surface area contributed by atoms with Gasteiger partial charge in [-0.25, -0.2) is 9.97 Å². The number of rotatable bonds is 2. The summed E-state index contributed by atoms with van der Waals surface area (Å²) < 4.78 is 1.83. The van der Waals surface area contributed by atoms with E-state index >= 15 is 0 Å². The van der Waals surface area contributed by atoms with Crippen molar-refractivity contribution in [1.82, 2.24) is 14.4 Å². The van der Waals surface area contributed by atoms with Crippen molar-refractivity contribution in [2.24, 2.45) is 0 Å². The number of nitrogen functional groups attached to an aromatic ring is 1. The average molecular weight is 219 g/mol. The molecule has 1 aliphatic rings. The Kier molecular flexibility index (Phi) is 1.97. The maximum atomic E-state index is 9.22. The van der Waals surface area contributed by atoms with Crippen molar-refractivity contribution in [3.8, 4) is 0 Å². The summed E-state index contributed by atoms with van der Waals surface area (Å²) in [5.41, 5.74) is 6.46. The molecule has 0 amide bonds. The van der Waals surface area contributed by atoms with Gasteiger partial charge in [0.05, 0.1) is 12.3 Å². The monoisotopic (exact) mass is 219 g/mol. The van der Waals surface area contributed by atoms with Crippen LogP contribution < -0.4 is 11.1 Å². The van der Waals surface area contributed by atoms with Gasteiger partial charge in [0, 0.05) is 18.4 Å². The zero-order chi connectivity index (χ0) is 11.1. The molecule has 0 atom stereocenters. The molecule has 1 saturated carbocycles. The summed E-state index contributed by atoms with van der Waals surface area (Å²) in [6, 6.07) is 0.268. The maximum absolute atomic E-state index is 9.22. The number of anilines is 2. The molecule has 0 spiro atoms. The van der Waals surface area contributed by atoms with Gasteiger partial charge in [-0.05, 0) is 12.8 Å². The lowest BCUT2D eigenvalue weighted by Crippen LogP contribution is -2.39. The van der Waals surface area contributed by atoms with Gasteiger partial charge in [0.25, 0.3) is 0 Å². The van der Waals surface area contributed by atoms with E-state index in [0.717, 1.165) is 18.5 Å². The summed E-state index contributed by atoms with van der Waals surface area (Å²) in [7, 11) is 0. The van der Waals surface area contributed by atoms with Crippen LogP contribution in [-0.4, -0.2) is 31.6 Å². The van der Waals surface area contributed by atoms with Crippen molar-refractivity contribution in [3.63, 3.8) is 0 Å². The Morgan fingerprint density at radius 2 is 2.31 bits per heavy atom. The minimum absolute atomic E-state index is 0.186. The van der Waals surface area contributed by atoms with Crippen LogP contribution in [0.4, 0.5) is 11.6 Å². The number of aliphatic hydroxyl groups is 1. The van der Waals surface area contributed by atoms with Crippen LogP contribution in [0.1, 0.15) is 12.8 Å². The van der Waals surface area contributed by atoms with E-state index in [-0.39, 0.29) is 12.1 Å². The van der Waals surface area contributed by atoms with E-state index in [4.69, 9.17) is 5.73 Å². The topological polar surface area (TPSA) is 88.5 Å². The Hall–Kier alpha value is -1.82. The minimum Gasteiger partial charge on any atom is -0.393 e. The van der Waals surface area contributed by atoms with Crippen LogP contribution in [0.15, 0.2) is 18.6 Å². The van der Waals surface area contributed by atoms with E-state index in [1.807, 2.05) is 10.6 Å². The highest BCUT2D eigenvalue weighted by molar-refractivity contribution is 5.65. The van der Waals surface area contributed by atoms with Gasteiger partial charge in [-0.3, -0.25) is 0 Å². The average Bonchev–Trinajstić information content (AvgIpc) is 2.62. The van der Waals surface area contributed by atoms with Crippen LogP contribution in [0.3, 0.4) is 0 Å². The molecule has 3 rings (SSSR count). The van der Waals surface area contributed by atoms with Crippen LogP contribution in [0.5, 0.6) is 0 Å². The summed E-state index contributed by atoms with van der Waals surface area (Å²) in [4.78, 5) is 8.43. The van der Waals surface area contributed by atoms with Crippen LogP contribution in [0.25, 0.3) is 5.65 Å². The maximum Gasteiger partial charge on any atom is 0.180 e. The normalized spacial score (nSPS) is 24.3. The zero-order valence-corrected chi connectivity index (χ0v) is 8.67. The lowest BCUT2D eigenvalue weighted by molar-refractivity contribution is 0.0836. The molecule has 1 fully saturated rings. The zero-order valence-electron chi connectivity index (χ0n) is 8.67. The Morgan fingerprint density at radius 1 is 1.50 bits per heavy atom. The molecule has 2 heterocycles. The van der Waals surface area contributed by atoms with E-state index in [0.29, 0.717) is 11.6 Å². The number of aliphatic hydroxyl groups excluding tert-OH is 1. The molecule has 0 aromatic carbocycles. The highest BCUT2D eigenvalue weighted by atomic mass is 16.3. The van der Waals surface area contributed by atoms with Gasteiger partial charge < -0.3 is 20.6 Å². The largest absolute Gasteiger partial charge is 0.393 e. The molecule has 84 valence electrons. The number of hydrogen-bond donors (Lipinski definition) is 3. The summed E-state index contributed by atoms with van der Waals surface area (Å²) in [5, 5.41) is 12.5. The Bertz CT molecular complexity index is 517. The second kappa shape index (κ2) is 3.34. The molecule has 2 aromatic rings. The number of aromatic nitrogens is 3. The summed E-state index contributed by atoms with van der Waals surface area (Å²) in [6.45, 7) is 0. The van der Waals surface area contributed by atoms with Gasteiger partial charge in [0.2, 0.25) is 0 Å². The van der Waals surface area contributed by atoms with Gasteiger partial charge in [-0.1, -0.05) is 0 Å². The fourth-order valence-electron chi connectivity index (χ4n) is 1.95. The van der Waals surface area contributed by atoms with E-state index < -0.39 is 0 Å². The second-order valence-electron chi connectivity index (χ2n) is 4.14. The third kappa shape index (κ3) is 1.47. The highest BCUT2D eigenvalue weighted by Crippen LogP contribution is 2.25. The molecule has 1 aliphatic carbocycles. The predicted octanol–water partition coefficient (Wildman–Crippen LogP) is 0.247. The van der Waals surface area contributed by atoms with Gasteiger partial charge in [-0.2, -0.15) is 0 Å². The SMILES string of the molecule is Nc1cn2ccnc2c(NC2CC(O)C2)n1. The Labute approximate surface area is 92.1 Å². The molecule has 16 heavy (non-hydrogen) atoms. The second-order valence-corrected chi connectivity index (χ2v) is 4.14. The van der Waals surface area contributed by atoms with Gasteiger partial charge in [0.1, 0.15) is 5.82 Å². The molecule has 0 unspecified atom stereocenters. The highest BCUT2D eigenvalue weighted by Gasteiger charge is 2.27. The molecular formula is C10H13N5O. The third-order valence-corrected chi connectivity index (χ3v) is 2.85. The molecular weight excluding hydrogens is 206 g/mol. The van der Waals surface area contributed by atoms with Crippen molar-refractivity contribution in [1.29, 1.82) is 0 Å². The molecule has 0 saturated heterocycles. The molecule has 6 heteroatoms. The fourth-order valence-corrected chi connectivity index (χ4v) is 1.95. The van der Waals surface area contributed by atoms with Crippen LogP contribution in [0, 0.1) is 0 Å². The molecule has 0 aliphatic heterocycles. The summed E-state index contributed by atoms with van der Waals surface area (Å²) >= 11 is 0. The summed E-state index contributed by atoms with van der Waals surface area (Å²) in [5.74, 6) is 1.13. The number of nitrogens with zero attached hydrogens (tertiary/aromatic N) is 3. The third-order valence-electron chi connectivity index (χ3n) is 2.85. The first-order chi connectivity index (χ1) is 7.72. The van der Waals surface area contributed by atoms with Gasteiger partial charge >= 0.3 is 0 Å². The Morgan fingerprint density at radius 3 is 3.06 bits per heavy atom. The number of fused-ring (bicyclic) bond motifs is 1. The lowest BCUT2D eigenvalue weighted by Gasteiger charge is -2.32. The first-order valence-electron chi connectivity index (χ1n) is 5.26. The van der Waals surface area contributed by atoms with Gasteiger partial charge in [-0.15, -0.1) is 0 Å². The van der Waals surface area contributed by atoms with Crippen molar-refractivity contribution in [2.45, 2.75) is 25.0 Å². The number of hydrogen-bond acceptors (Lipinski definition) is 5. The van der Waals surface area contributed by atoms with Gasteiger partial charge in [0.15, 0.2) is 11.5 Å². The molecule has 2 aromatic heterocycles. The van der Waals surface area contributed by atoms with E-state index in [1.54, 1.807) is 12.4 Å². The van der Waals surface area contributed by atoms with Crippen molar-refractivity contribution < 1.29 is 5.11 Å². The Balaban J connectivity index is 1.92. The minimum atomic E-state index is -0.186. The number of nitrogens with two attached hydrogens (primary N) is 1.